The fraction of sp³-hybridized carbons (Fsp3) is 0.222. The molecule has 2 N–H and O–H groups in total. The molecule has 3 nitrogen and oxygen atoms in total. The lowest BCUT2D eigenvalue weighted by atomic mass is 10.3. The number of nitrogens with zero attached hydrogens (tertiary/aromatic N) is 1. The third-order valence-corrected chi connectivity index (χ3v) is 1.35. The molecule has 12 heavy (non-hydrogen) atoms. The molecular formula is C9H12N2O. The summed E-state index contributed by atoms with van der Waals surface area (Å²) in [4.78, 5) is 3.93. The number of hydrogen-bond donors (Lipinski definition) is 1. The van der Waals surface area contributed by atoms with Gasteiger partial charge in [-0.15, -0.1) is 0 Å². The average molecular weight is 164 g/mol. The molecule has 0 saturated heterocycles. The van der Waals surface area contributed by atoms with Crippen LogP contribution in [0.3, 0.4) is 0 Å². The Kier molecular flexibility index (Phi) is 2.69. The van der Waals surface area contributed by atoms with Crippen LogP contribution in [-0.2, 0) is 0 Å². The van der Waals surface area contributed by atoms with Crippen LogP contribution in [0.5, 0.6) is 0 Å². The van der Waals surface area contributed by atoms with Gasteiger partial charge in [-0.25, -0.2) is 4.98 Å². The van der Waals surface area contributed by atoms with Crippen LogP contribution in [0, 0.1) is 0 Å². The van der Waals surface area contributed by atoms with Crippen molar-refractivity contribution in [1.29, 1.82) is 0 Å². The summed E-state index contributed by atoms with van der Waals surface area (Å²) in [6.07, 6.45) is 1.41. The molecule has 2 aromatic rings. The maximum atomic E-state index is 5.50. The van der Waals surface area contributed by atoms with Crippen LogP contribution < -0.4 is 5.73 Å². The zero-order valence-corrected chi connectivity index (χ0v) is 7.24. The summed E-state index contributed by atoms with van der Waals surface area (Å²) in [7, 11) is 0. The summed E-state index contributed by atoms with van der Waals surface area (Å²) < 4.78 is 5.01. The van der Waals surface area contributed by atoms with E-state index in [0.717, 1.165) is 11.1 Å². The van der Waals surface area contributed by atoms with E-state index in [1.165, 1.54) is 6.39 Å². The summed E-state index contributed by atoms with van der Waals surface area (Å²) in [6, 6.07) is 5.37. The Bertz CT molecular complexity index is 354. The molecule has 0 spiro atoms. The highest BCUT2D eigenvalue weighted by atomic mass is 16.3. The summed E-state index contributed by atoms with van der Waals surface area (Å²) in [5, 5.41) is 0. The first kappa shape index (κ1) is 8.59. The monoisotopic (exact) mass is 164 g/mol. The summed E-state index contributed by atoms with van der Waals surface area (Å²) in [6.45, 7) is 4.00. The predicted octanol–water partition coefficient (Wildman–Crippen LogP) is 2.44. The molecule has 0 aliphatic carbocycles. The first-order chi connectivity index (χ1) is 5.86. The van der Waals surface area contributed by atoms with Crippen molar-refractivity contribution < 1.29 is 4.42 Å². The van der Waals surface area contributed by atoms with Gasteiger partial charge in [-0.3, -0.25) is 0 Å². The van der Waals surface area contributed by atoms with Crippen molar-refractivity contribution >= 4 is 16.8 Å². The van der Waals surface area contributed by atoms with Gasteiger partial charge in [0.1, 0.15) is 5.52 Å². The molecule has 0 fully saturated rings. The van der Waals surface area contributed by atoms with Crippen molar-refractivity contribution in [2.75, 3.05) is 5.73 Å². The van der Waals surface area contributed by atoms with Gasteiger partial charge >= 0.3 is 0 Å². The van der Waals surface area contributed by atoms with Gasteiger partial charge in [-0.1, -0.05) is 13.8 Å². The van der Waals surface area contributed by atoms with Crippen molar-refractivity contribution in [3.8, 4) is 0 Å². The molecule has 3 heteroatoms. The van der Waals surface area contributed by atoms with Gasteiger partial charge in [0.05, 0.1) is 0 Å². The van der Waals surface area contributed by atoms with E-state index in [4.69, 9.17) is 10.2 Å². The minimum atomic E-state index is 0.710. The smallest absolute Gasteiger partial charge is 0.181 e. The Labute approximate surface area is 71.2 Å². The van der Waals surface area contributed by atoms with E-state index in [1.807, 2.05) is 13.8 Å². The van der Waals surface area contributed by atoms with Crippen LogP contribution in [0.1, 0.15) is 13.8 Å². The summed E-state index contributed by atoms with van der Waals surface area (Å²) >= 11 is 0. The van der Waals surface area contributed by atoms with Crippen molar-refractivity contribution in [2.45, 2.75) is 13.8 Å². The molecule has 0 radical (unpaired) electrons. The van der Waals surface area contributed by atoms with E-state index in [-0.39, 0.29) is 0 Å². The van der Waals surface area contributed by atoms with Gasteiger partial charge in [-0.05, 0) is 18.2 Å². The molecule has 0 aliphatic rings. The van der Waals surface area contributed by atoms with Crippen LogP contribution >= 0.6 is 0 Å². The van der Waals surface area contributed by atoms with Crippen LogP contribution in [0.25, 0.3) is 11.1 Å². The molecule has 1 aromatic carbocycles. The normalized spacial score (nSPS) is 9.17. The molecule has 0 unspecified atom stereocenters. The number of nitrogens with two attached hydrogens (primary N) is 1. The van der Waals surface area contributed by atoms with E-state index < -0.39 is 0 Å². The first-order valence-corrected chi connectivity index (χ1v) is 3.95. The molecule has 0 aliphatic heterocycles. The third kappa shape index (κ3) is 1.56. The van der Waals surface area contributed by atoms with Gasteiger partial charge in [0, 0.05) is 5.69 Å². The lowest BCUT2D eigenvalue weighted by Gasteiger charge is -1.88. The molecule has 0 bridgehead atoms. The van der Waals surface area contributed by atoms with Crippen LogP contribution in [0.2, 0.25) is 0 Å². The standard InChI is InChI=1S/C7H6N2O.C2H6/c8-5-1-2-7-6(3-5)9-4-10-7;1-2/h1-4H,8H2;1-2H3. The third-order valence-electron chi connectivity index (χ3n) is 1.35. The maximum Gasteiger partial charge on any atom is 0.181 e. The number of nitrogen functional groups attached to an aromatic ring is 1. The van der Waals surface area contributed by atoms with Gasteiger partial charge in [-0.2, -0.15) is 0 Å². The fourth-order valence-corrected chi connectivity index (χ4v) is 0.875. The van der Waals surface area contributed by atoms with Gasteiger partial charge in [0.15, 0.2) is 12.0 Å². The second kappa shape index (κ2) is 3.76. The van der Waals surface area contributed by atoms with E-state index >= 15 is 0 Å². The molecule has 2 rings (SSSR count). The number of hydrogen-bond acceptors (Lipinski definition) is 3. The lowest BCUT2D eigenvalue weighted by Crippen LogP contribution is -1.81. The number of fused-ring (bicyclic) bond motifs is 1. The highest BCUT2D eigenvalue weighted by Gasteiger charge is 1.95. The quantitative estimate of drug-likeness (QED) is 0.608. The predicted molar refractivity (Wildman–Crippen MR) is 49.8 cm³/mol. The molecule has 1 aromatic heterocycles. The second-order valence-corrected chi connectivity index (χ2v) is 2.08. The summed E-state index contributed by atoms with van der Waals surface area (Å²) in [5.74, 6) is 0. The van der Waals surface area contributed by atoms with Crippen molar-refractivity contribution in [2.24, 2.45) is 0 Å². The average Bonchev–Trinajstić information content (AvgIpc) is 2.54. The Morgan fingerprint density at radius 2 is 2.08 bits per heavy atom. The van der Waals surface area contributed by atoms with E-state index in [1.54, 1.807) is 18.2 Å². The van der Waals surface area contributed by atoms with Gasteiger partial charge in [0.2, 0.25) is 0 Å². The summed E-state index contributed by atoms with van der Waals surface area (Å²) in [5.41, 5.74) is 7.79. The van der Waals surface area contributed by atoms with Crippen LogP contribution in [-0.4, -0.2) is 4.98 Å². The zero-order valence-electron chi connectivity index (χ0n) is 7.24. The Morgan fingerprint density at radius 3 is 2.83 bits per heavy atom. The lowest BCUT2D eigenvalue weighted by molar-refractivity contribution is 0.602. The van der Waals surface area contributed by atoms with E-state index in [2.05, 4.69) is 4.98 Å². The maximum absolute atomic E-state index is 5.50. The number of rotatable bonds is 0. The second-order valence-electron chi connectivity index (χ2n) is 2.08. The number of aromatic nitrogens is 1. The fourth-order valence-electron chi connectivity index (χ4n) is 0.875. The Hall–Kier alpha value is -1.51. The van der Waals surface area contributed by atoms with Gasteiger partial charge < -0.3 is 10.2 Å². The Balaban J connectivity index is 0.000000336. The minimum Gasteiger partial charge on any atom is -0.443 e. The van der Waals surface area contributed by atoms with Crippen LogP contribution in [0.4, 0.5) is 5.69 Å². The van der Waals surface area contributed by atoms with E-state index in [0.29, 0.717) is 5.69 Å². The topological polar surface area (TPSA) is 52.0 Å². The SMILES string of the molecule is CC.Nc1ccc2ocnc2c1. The molecule has 1 heterocycles. The highest BCUT2D eigenvalue weighted by Crippen LogP contribution is 2.14. The minimum absolute atomic E-state index is 0.710. The molecule has 0 amide bonds. The number of anilines is 1. The zero-order chi connectivity index (χ0) is 8.97. The molecule has 64 valence electrons. The van der Waals surface area contributed by atoms with Crippen LogP contribution in [0.15, 0.2) is 29.0 Å². The van der Waals surface area contributed by atoms with Gasteiger partial charge in [0.25, 0.3) is 0 Å². The molecular weight excluding hydrogens is 152 g/mol. The van der Waals surface area contributed by atoms with E-state index in [9.17, 15) is 0 Å². The van der Waals surface area contributed by atoms with Crippen molar-refractivity contribution in [3.05, 3.63) is 24.6 Å². The number of benzene rings is 1. The molecule has 0 saturated carbocycles. The van der Waals surface area contributed by atoms with Crippen molar-refractivity contribution in [1.82, 2.24) is 4.98 Å². The molecule has 0 atom stereocenters. The first-order valence-electron chi connectivity index (χ1n) is 3.95. The number of oxazole rings is 1. The highest BCUT2D eigenvalue weighted by molar-refractivity contribution is 5.75. The largest absolute Gasteiger partial charge is 0.443 e. The van der Waals surface area contributed by atoms with Crippen molar-refractivity contribution in [3.63, 3.8) is 0 Å². The Morgan fingerprint density at radius 1 is 1.33 bits per heavy atom.